The molecule has 1 amide bonds. The van der Waals surface area contributed by atoms with Crippen LogP contribution in [0.3, 0.4) is 0 Å². The molecule has 2 aromatic carbocycles. The number of halogens is 2. The summed E-state index contributed by atoms with van der Waals surface area (Å²) in [5.74, 6) is 0.790. The van der Waals surface area contributed by atoms with Gasteiger partial charge < -0.3 is 9.47 Å². The third-order valence-corrected chi connectivity index (χ3v) is 5.93. The van der Waals surface area contributed by atoms with Gasteiger partial charge in [0.1, 0.15) is 5.82 Å². The minimum absolute atomic E-state index is 0.151. The van der Waals surface area contributed by atoms with Gasteiger partial charge >= 0.3 is 0 Å². The lowest BCUT2D eigenvalue weighted by molar-refractivity contribution is 0.0749. The highest BCUT2D eigenvalue weighted by Crippen LogP contribution is 2.33. The van der Waals surface area contributed by atoms with Crippen molar-refractivity contribution in [3.8, 4) is 11.5 Å². The number of para-hydroxylation sites is 1. The standard InChI is InChI=1S/C23H18Cl2N4O/c1-15-6-2-3-7-21(15)29-22(27-10-4-5-11-27)18-13-28(14-20(18)26-29)23(30)17-12-16(24)8-9-19(17)25/h2-12H,13-14H2,1H3. The van der Waals surface area contributed by atoms with Gasteiger partial charge in [-0.1, -0.05) is 41.4 Å². The van der Waals surface area contributed by atoms with E-state index in [0.29, 0.717) is 28.7 Å². The molecule has 1 aliphatic heterocycles. The number of fused-ring (bicyclic) bond motifs is 1. The first kappa shape index (κ1) is 19.0. The van der Waals surface area contributed by atoms with Crippen LogP contribution in [0.1, 0.15) is 27.2 Å². The first-order valence-electron chi connectivity index (χ1n) is 9.57. The number of aryl methyl sites for hydroxylation is 1. The lowest BCUT2D eigenvalue weighted by Crippen LogP contribution is -2.26. The molecule has 0 bridgehead atoms. The molecule has 30 heavy (non-hydrogen) atoms. The van der Waals surface area contributed by atoms with Gasteiger partial charge in [-0.3, -0.25) is 4.79 Å². The van der Waals surface area contributed by atoms with Gasteiger partial charge in [0, 0.05) is 23.0 Å². The number of amides is 1. The summed E-state index contributed by atoms with van der Waals surface area (Å²) in [7, 11) is 0. The van der Waals surface area contributed by atoms with Gasteiger partial charge in [0.05, 0.1) is 35.1 Å². The van der Waals surface area contributed by atoms with E-state index in [2.05, 4.69) is 19.1 Å². The molecule has 0 saturated carbocycles. The first-order chi connectivity index (χ1) is 14.5. The summed E-state index contributed by atoms with van der Waals surface area (Å²) in [4.78, 5) is 14.9. The Morgan fingerprint density at radius 3 is 2.53 bits per heavy atom. The van der Waals surface area contributed by atoms with Crippen LogP contribution in [0.2, 0.25) is 10.0 Å². The zero-order chi connectivity index (χ0) is 20.8. The SMILES string of the molecule is Cc1ccccc1-n1nc2c(c1-n1cccc1)CN(C(=O)c1cc(Cl)ccc1Cl)C2. The summed E-state index contributed by atoms with van der Waals surface area (Å²) < 4.78 is 4.01. The van der Waals surface area contributed by atoms with Crippen LogP contribution in [0.15, 0.2) is 67.0 Å². The fourth-order valence-electron chi connectivity index (χ4n) is 3.89. The Hall–Kier alpha value is -3.02. The van der Waals surface area contributed by atoms with Crippen LogP contribution < -0.4 is 0 Å². The van der Waals surface area contributed by atoms with Gasteiger partial charge in [0.25, 0.3) is 5.91 Å². The van der Waals surface area contributed by atoms with Crippen LogP contribution in [0.5, 0.6) is 0 Å². The minimum Gasteiger partial charge on any atom is -0.328 e. The van der Waals surface area contributed by atoms with Crippen molar-refractivity contribution in [2.24, 2.45) is 0 Å². The van der Waals surface area contributed by atoms with Gasteiger partial charge in [-0.2, -0.15) is 5.10 Å². The summed E-state index contributed by atoms with van der Waals surface area (Å²) in [6.45, 7) is 2.94. The Morgan fingerprint density at radius 1 is 1.00 bits per heavy atom. The summed E-state index contributed by atoms with van der Waals surface area (Å²) in [6.07, 6.45) is 3.98. The van der Waals surface area contributed by atoms with Crippen molar-refractivity contribution in [2.45, 2.75) is 20.0 Å². The van der Waals surface area contributed by atoms with Gasteiger partial charge in [-0.25, -0.2) is 4.68 Å². The van der Waals surface area contributed by atoms with E-state index in [1.54, 1.807) is 23.1 Å². The molecule has 0 atom stereocenters. The van der Waals surface area contributed by atoms with E-state index in [-0.39, 0.29) is 5.91 Å². The van der Waals surface area contributed by atoms with Crippen LogP contribution in [0, 0.1) is 6.92 Å². The van der Waals surface area contributed by atoms with Crippen LogP contribution in [0.4, 0.5) is 0 Å². The Labute approximate surface area is 184 Å². The molecule has 0 fully saturated rings. The highest BCUT2D eigenvalue weighted by atomic mass is 35.5. The predicted molar refractivity (Wildman–Crippen MR) is 118 cm³/mol. The molecule has 5 rings (SSSR count). The summed E-state index contributed by atoms with van der Waals surface area (Å²) >= 11 is 12.3. The molecular formula is C23H18Cl2N4O. The average Bonchev–Trinajstić information content (AvgIpc) is 3.45. The largest absolute Gasteiger partial charge is 0.328 e. The molecule has 4 aromatic rings. The number of aromatic nitrogens is 3. The maximum Gasteiger partial charge on any atom is 0.256 e. The number of hydrogen-bond donors (Lipinski definition) is 0. The number of benzene rings is 2. The number of nitrogens with zero attached hydrogens (tertiary/aromatic N) is 4. The molecular weight excluding hydrogens is 419 g/mol. The maximum atomic E-state index is 13.1. The van der Waals surface area contributed by atoms with E-state index < -0.39 is 0 Å². The molecule has 7 heteroatoms. The van der Waals surface area contributed by atoms with E-state index in [1.807, 2.05) is 45.9 Å². The predicted octanol–water partition coefficient (Wildman–Crippen LogP) is 5.43. The van der Waals surface area contributed by atoms with Crippen LogP contribution in [-0.4, -0.2) is 25.2 Å². The number of rotatable bonds is 3. The lowest BCUT2D eigenvalue weighted by atomic mass is 10.2. The molecule has 0 spiro atoms. The number of hydrogen-bond acceptors (Lipinski definition) is 2. The molecule has 0 N–H and O–H groups in total. The second kappa shape index (κ2) is 7.35. The van der Waals surface area contributed by atoms with E-state index in [1.165, 1.54) is 0 Å². The topological polar surface area (TPSA) is 43.1 Å². The van der Waals surface area contributed by atoms with Crippen molar-refractivity contribution in [3.05, 3.63) is 99.4 Å². The van der Waals surface area contributed by atoms with Crippen molar-refractivity contribution in [3.63, 3.8) is 0 Å². The Kier molecular flexibility index (Phi) is 4.65. The zero-order valence-corrected chi connectivity index (χ0v) is 17.7. The van der Waals surface area contributed by atoms with Gasteiger partial charge in [0.2, 0.25) is 0 Å². The van der Waals surface area contributed by atoms with Gasteiger partial charge in [-0.15, -0.1) is 0 Å². The third kappa shape index (κ3) is 3.11. The lowest BCUT2D eigenvalue weighted by Gasteiger charge is -2.18. The van der Waals surface area contributed by atoms with Crippen molar-refractivity contribution >= 4 is 29.1 Å². The van der Waals surface area contributed by atoms with E-state index in [4.69, 9.17) is 28.3 Å². The Bertz CT molecular complexity index is 1260. The van der Waals surface area contributed by atoms with Crippen molar-refractivity contribution in [1.82, 2.24) is 19.2 Å². The molecule has 0 aliphatic carbocycles. The second-order valence-electron chi connectivity index (χ2n) is 7.32. The Balaban J connectivity index is 1.57. The first-order valence-corrected chi connectivity index (χ1v) is 10.3. The highest BCUT2D eigenvalue weighted by molar-refractivity contribution is 6.35. The summed E-state index contributed by atoms with van der Waals surface area (Å²) in [6, 6.07) is 17.0. The number of carbonyl (C=O) groups excluding carboxylic acids is 1. The van der Waals surface area contributed by atoms with E-state index in [0.717, 1.165) is 28.3 Å². The molecule has 5 nitrogen and oxygen atoms in total. The van der Waals surface area contributed by atoms with Crippen molar-refractivity contribution in [2.75, 3.05) is 0 Å². The third-order valence-electron chi connectivity index (χ3n) is 5.37. The van der Waals surface area contributed by atoms with Crippen LogP contribution in [0.25, 0.3) is 11.5 Å². The monoisotopic (exact) mass is 436 g/mol. The van der Waals surface area contributed by atoms with Crippen molar-refractivity contribution < 1.29 is 4.79 Å². The zero-order valence-electron chi connectivity index (χ0n) is 16.2. The molecule has 3 heterocycles. The fourth-order valence-corrected chi connectivity index (χ4v) is 4.26. The molecule has 2 aromatic heterocycles. The normalized spacial score (nSPS) is 13.0. The minimum atomic E-state index is -0.151. The molecule has 150 valence electrons. The average molecular weight is 437 g/mol. The summed E-state index contributed by atoms with van der Waals surface area (Å²) in [5, 5.41) is 5.76. The molecule has 0 radical (unpaired) electrons. The van der Waals surface area contributed by atoms with Gasteiger partial charge in [-0.05, 0) is 48.9 Å². The highest BCUT2D eigenvalue weighted by Gasteiger charge is 2.32. The fraction of sp³-hybridized carbons (Fsp3) is 0.130. The second-order valence-corrected chi connectivity index (χ2v) is 8.17. The Morgan fingerprint density at radius 2 is 1.77 bits per heavy atom. The molecule has 0 saturated heterocycles. The number of carbonyl (C=O) groups is 1. The van der Waals surface area contributed by atoms with E-state index >= 15 is 0 Å². The smallest absolute Gasteiger partial charge is 0.256 e. The summed E-state index contributed by atoms with van der Waals surface area (Å²) in [5.41, 5.74) is 4.47. The molecule has 1 aliphatic rings. The van der Waals surface area contributed by atoms with E-state index in [9.17, 15) is 4.79 Å². The van der Waals surface area contributed by atoms with Crippen LogP contribution in [-0.2, 0) is 13.1 Å². The maximum absolute atomic E-state index is 13.1. The van der Waals surface area contributed by atoms with Crippen molar-refractivity contribution in [1.29, 1.82) is 0 Å². The van der Waals surface area contributed by atoms with Crippen LogP contribution >= 0.6 is 23.2 Å². The molecule has 0 unspecified atom stereocenters. The quantitative estimate of drug-likeness (QED) is 0.429. The van der Waals surface area contributed by atoms with Gasteiger partial charge in [0.15, 0.2) is 0 Å².